The standard InChI is InChI=1S/C14H19FN2O4/c1-8(2)12(13(18)19)17-14(20)16-7-9-4-5-11(21-3)10(15)6-9/h4-6,8,12H,7H2,1-3H3,(H,18,19)(H2,16,17,20). The number of hydrogen-bond acceptors (Lipinski definition) is 3. The lowest BCUT2D eigenvalue weighted by molar-refractivity contribution is -0.140. The number of rotatable bonds is 6. The summed E-state index contributed by atoms with van der Waals surface area (Å²) < 4.78 is 18.3. The molecule has 0 spiro atoms. The first kappa shape index (κ1) is 16.7. The van der Waals surface area contributed by atoms with Crippen LogP contribution in [-0.4, -0.2) is 30.3 Å². The molecule has 1 aromatic rings. The van der Waals surface area contributed by atoms with Gasteiger partial charge in [0.2, 0.25) is 0 Å². The van der Waals surface area contributed by atoms with E-state index in [0.29, 0.717) is 5.56 Å². The number of nitrogens with one attached hydrogen (secondary N) is 2. The number of halogens is 1. The van der Waals surface area contributed by atoms with Crippen molar-refractivity contribution in [3.8, 4) is 5.75 Å². The molecule has 0 heterocycles. The maximum Gasteiger partial charge on any atom is 0.326 e. The Morgan fingerprint density at radius 2 is 2.05 bits per heavy atom. The van der Waals surface area contributed by atoms with E-state index in [-0.39, 0.29) is 18.2 Å². The summed E-state index contributed by atoms with van der Waals surface area (Å²) in [5.74, 6) is -1.75. The third-order valence-electron chi connectivity index (χ3n) is 2.89. The molecule has 0 fully saturated rings. The molecule has 0 aliphatic rings. The normalized spacial score (nSPS) is 11.9. The molecule has 7 heteroatoms. The van der Waals surface area contributed by atoms with E-state index in [2.05, 4.69) is 10.6 Å². The van der Waals surface area contributed by atoms with Gasteiger partial charge < -0.3 is 20.5 Å². The lowest BCUT2D eigenvalue weighted by Gasteiger charge is -2.18. The van der Waals surface area contributed by atoms with Gasteiger partial charge in [-0.1, -0.05) is 19.9 Å². The molecule has 0 saturated heterocycles. The number of carboxylic acids is 1. The zero-order chi connectivity index (χ0) is 16.0. The van der Waals surface area contributed by atoms with Crippen LogP contribution in [0.25, 0.3) is 0 Å². The molecule has 1 unspecified atom stereocenters. The van der Waals surface area contributed by atoms with Crippen molar-refractivity contribution in [2.24, 2.45) is 5.92 Å². The van der Waals surface area contributed by atoms with Crippen LogP contribution in [0.3, 0.4) is 0 Å². The van der Waals surface area contributed by atoms with Crippen molar-refractivity contribution < 1.29 is 23.8 Å². The second-order valence-electron chi connectivity index (χ2n) is 4.86. The Balaban J connectivity index is 2.56. The predicted molar refractivity (Wildman–Crippen MR) is 74.6 cm³/mol. The lowest BCUT2D eigenvalue weighted by Crippen LogP contribution is -2.48. The largest absolute Gasteiger partial charge is 0.494 e. The highest BCUT2D eigenvalue weighted by atomic mass is 19.1. The maximum atomic E-state index is 13.5. The number of carbonyl (C=O) groups is 2. The molecule has 0 aliphatic heterocycles. The Morgan fingerprint density at radius 1 is 1.38 bits per heavy atom. The molecule has 0 aliphatic carbocycles. The fourth-order valence-electron chi connectivity index (χ4n) is 1.71. The molecule has 6 nitrogen and oxygen atoms in total. The van der Waals surface area contributed by atoms with Crippen molar-refractivity contribution in [1.29, 1.82) is 0 Å². The summed E-state index contributed by atoms with van der Waals surface area (Å²) in [4.78, 5) is 22.6. The average Bonchev–Trinajstić information content (AvgIpc) is 2.42. The number of ether oxygens (including phenoxy) is 1. The summed E-state index contributed by atoms with van der Waals surface area (Å²) in [7, 11) is 1.36. The summed E-state index contributed by atoms with van der Waals surface area (Å²) >= 11 is 0. The van der Waals surface area contributed by atoms with Crippen molar-refractivity contribution in [2.75, 3.05) is 7.11 Å². The van der Waals surface area contributed by atoms with Crippen LogP contribution in [0.2, 0.25) is 0 Å². The lowest BCUT2D eigenvalue weighted by atomic mass is 10.1. The number of hydrogen-bond donors (Lipinski definition) is 3. The minimum atomic E-state index is -1.10. The molecule has 1 rings (SSSR count). The highest BCUT2D eigenvalue weighted by Gasteiger charge is 2.23. The van der Waals surface area contributed by atoms with Crippen molar-refractivity contribution in [3.05, 3.63) is 29.6 Å². The smallest absolute Gasteiger partial charge is 0.326 e. The second-order valence-corrected chi connectivity index (χ2v) is 4.86. The van der Waals surface area contributed by atoms with E-state index in [4.69, 9.17) is 9.84 Å². The summed E-state index contributed by atoms with van der Waals surface area (Å²) in [6, 6.07) is 2.72. The van der Waals surface area contributed by atoms with Gasteiger partial charge in [-0.05, 0) is 23.6 Å². The van der Waals surface area contributed by atoms with E-state index < -0.39 is 23.9 Å². The molecule has 116 valence electrons. The van der Waals surface area contributed by atoms with Gasteiger partial charge in [-0.3, -0.25) is 0 Å². The number of carbonyl (C=O) groups excluding carboxylic acids is 1. The van der Waals surface area contributed by atoms with Gasteiger partial charge in [0.1, 0.15) is 6.04 Å². The zero-order valence-corrected chi connectivity index (χ0v) is 12.1. The molecule has 0 bridgehead atoms. The van der Waals surface area contributed by atoms with Crippen LogP contribution in [0.1, 0.15) is 19.4 Å². The summed E-state index contributed by atoms with van der Waals surface area (Å²) in [5, 5.41) is 13.8. The van der Waals surface area contributed by atoms with Crippen molar-refractivity contribution in [2.45, 2.75) is 26.4 Å². The van der Waals surface area contributed by atoms with E-state index in [1.165, 1.54) is 19.2 Å². The van der Waals surface area contributed by atoms with Gasteiger partial charge in [0.15, 0.2) is 11.6 Å². The van der Waals surface area contributed by atoms with Gasteiger partial charge >= 0.3 is 12.0 Å². The monoisotopic (exact) mass is 298 g/mol. The number of urea groups is 1. The van der Waals surface area contributed by atoms with Gasteiger partial charge in [-0.15, -0.1) is 0 Å². The second kappa shape index (κ2) is 7.47. The predicted octanol–water partition coefficient (Wildman–Crippen LogP) is 1.74. The zero-order valence-electron chi connectivity index (χ0n) is 12.1. The fraction of sp³-hybridized carbons (Fsp3) is 0.429. The highest BCUT2D eigenvalue weighted by molar-refractivity contribution is 5.82. The summed E-state index contributed by atoms with van der Waals surface area (Å²) in [6.07, 6.45) is 0. The minimum absolute atomic E-state index is 0.0805. The van der Waals surface area contributed by atoms with Gasteiger partial charge in [0.05, 0.1) is 7.11 Å². The Bertz CT molecular complexity index is 520. The molecule has 1 aromatic carbocycles. The highest BCUT2D eigenvalue weighted by Crippen LogP contribution is 2.17. The van der Waals surface area contributed by atoms with Gasteiger partial charge in [-0.25, -0.2) is 14.0 Å². The number of benzene rings is 1. The maximum absolute atomic E-state index is 13.5. The SMILES string of the molecule is COc1ccc(CNC(=O)NC(C(=O)O)C(C)C)cc1F. The van der Waals surface area contributed by atoms with E-state index in [1.54, 1.807) is 19.9 Å². The molecule has 3 N–H and O–H groups in total. The molecule has 0 aromatic heterocycles. The summed E-state index contributed by atoms with van der Waals surface area (Å²) in [6.45, 7) is 3.47. The van der Waals surface area contributed by atoms with Crippen molar-refractivity contribution in [3.63, 3.8) is 0 Å². The van der Waals surface area contributed by atoms with E-state index in [0.717, 1.165) is 0 Å². The van der Waals surface area contributed by atoms with Crippen LogP contribution in [-0.2, 0) is 11.3 Å². The molecule has 0 saturated carbocycles. The third kappa shape index (κ3) is 4.94. The van der Waals surface area contributed by atoms with Crippen LogP contribution in [0.15, 0.2) is 18.2 Å². The number of methoxy groups -OCH3 is 1. The quantitative estimate of drug-likeness (QED) is 0.746. The van der Waals surface area contributed by atoms with E-state index >= 15 is 0 Å². The van der Waals surface area contributed by atoms with Gasteiger partial charge in [0.25, 0.3) is 0 Å². The Morgan fingerprint density at radius 3 is 2.52 bits per heavy atom. The molecular weight excluding hydrogens is 279 g/mol. The Labute approximate surface area is 122 Å². The topological polar surface area (TPSA) is 87.7 Å². The molecule has 2 amide bonds. The van der Waals surface area contributed by atoms with Crippen LogP contribution in [0.5, 0.6) is 5.75 Å². The first-order valence-corrected chi connectivity index (χ1v) is 6.44. The first-order chi connectivity index (χ1) is 9.85. The molecule has 21 heavy (non-hydrogen) atoms. The number of carboxylic acid groups (broad SMARTS) is 1. The summed E-state index contributed by atoms with van der Waals surface area (Å²) in [5.41, 5.74) is 0.542. The van der Waals surface area contributed by atoms with Gasteiger partial charge in [0, 0.05) is 6.54 Å². The van der Waals surface area contributed by atoms with Gasteiger partial charge in [-0.2, -0.15) is 0 Å². The fourth-order valence-corrected chi connectivity index (χ4v) is 1.71. The average molecular weight is 298 g/mol. The molecule has 1 atom stereocenters. The number of amides is 2. The molecule has 0 radical (unpaired) electrons. The van der Waals surface area contributed by atoms with Crippen LogP contribution < -0.4 is 15.4 Å². The number of aliphatic carboxylic acids is 1. The van der Waals surface area contributed by atoms with E-state index in [1.807, 2.05) is 0 Å². The molecular formula is C14H19FN2O4. The third-order valence-corrected chi connectivity index (χ3v) is 2.89. The van der Waals surface area contributed by atoms with Crippen LogP contribution >= 0.6 is 0 Å². The van der Waals surface area contributed by atoms with E-state index in [9.17, 15) is 14.0 Å². The Kier molecular flexibility index (Phi) is 5.95. The van der Waals surface area contributed by atoms with Crippen LogP contribution in [0.4, 0.5) is 9.18 Å². The van der Waals surface area contributed by atoms with Crippen molar-refractivity contribution >= 4 is 12.0 Å². The Hall–Kier alpha value is -2.31. The van der Waals surface area contributed by atoms with Crippen molar-refractivity contribution in [1.82, 2.24) is 10.6 Å². The minimum Gasteiger partial charge on any atom is -0.494 e. The first-order valence-electron chi connectivity index (χ1n) is 6.44. The van der Waals surface area contributed by atoms with Crippen LogP contribution in [0, 0.1) is 11.7 Å².